The molecule has 7 heteroatoms. The maximum absolute atomic E-state index is 12.6. The van der Waals surface area contributed by atoms with Crippen LogP contribution in [-0.2, 0) is 4.79 Å². The molecule has 3 aromatic carbocycles. The van der Waals surface area contributed by atoms with Crippen LogP contribution in [0.15, 0.2) is 66.7 Å². The lowest BCUT2D eigenvalue weighted by molar-refractivity contribution is -0.115. The first-order valence-electron chi connectivity index (χ1n) is 11.2. The van der Waals surface area contributed by atoms with Gasteiger partial charge in [-0.25, -0.2) is 0 Å². The van der Waals surface area contributed by atoms with Crippen molar-refractivity contribution in [2.45, 2.75) is 20.8 Å². The molecule has 0 aliphatic rings. The van der Waals surface area contributed by atoms with Crippen molar-refractivity contribution in [3.05, 3.63) is 83.4 Å². The zero-order valence-corrected chi connectivity index (χ0v) is 19.7. The summed E-state index contributed by atoms with van der Waals surface area (Å²) < 4.78 is 17.1. The molecule has 0 aliphatic heterocycles. The van der Waals surface area contributed by atoms with Crippen LogP contribution in [0.3, 0.4) is 0 Å². The number of hydrogen-bond donors (Lipinski definition) is 2. The van der Waals surface area contributed by atoms with E-state index in [1.165, 1.54) is 0 Å². The van der Waals surface area contributed by atoms with Crippen molar-refractivity contribution >= 4 is 17.5 Å². The van der Waals surface area contributed by atoms with Crippen molar-refractivity contribution in [1.82, 2.24) is 5.32 Å². The standard InChI is InChI=1S/C27H30N2O5/c1-4-32-24-17-21(13-14-23(24)34-16-15-33-22-11-6-5-7-12-22)27(31)28-18-25(30)29-26-19(2)9-8-10-20(26)3/h5-14,17H,4,15-16,18H2,1-3H3,(H,28,31)(H,29,30). The molecule has 0 saturated heterocycles. The van der Waals surface area contributed by atoms with Gasteiger partial charge in [-0.1, -0.05) is 36.4 Å². The van der Waals surface area contributed by atoms with Gasteiger partial charge in [0.25, 0.3) is 5.91 Å². The van der Waals surface area contributed by atoms with Gasteiger partial charge in [0.1, 0.15) is 19.0 Å². The molecule has 3 aromatic rings. The van der Waals surface area contributed by atoms with Gasteiger partial charge in [0.2, 0.25) is 5.91 Å². The number of aryl methyl sites for hydroxylation is 2. The average molecular weight is 463 g/mol. The Hall–Kier alpha value is -4.00. The van der Waals surface area contributed by atoms with Crippen molar-refractivity contribution in [3.8, 4) is 17.2 Å². The number of carbonyl (C=O) groups excluding carboxylic acids is 2. The van der Waals surface area contributed by atoms with E-state index in [1.54, 1.807) is 18.2 Å². The number of benzene rings is 3. The molecule has 2 N–H and O–H groups in total. The monoisotopic (exact) mass is 462 g/mol. The first-order chi connectivity index (χ1) is 16.5. The van der Waals surface area contributed by atoms with E-state index in [-0.39, 0.29) is 18.4 Å². The van der Waals surface area contributed by atoms with E-state index < -0.39 is 0 Å². The van der Waals surface area contributed by atoms with Gasteiger partial charge in [-0.15, -0.1) is 0 Å². The second-order valence-electron chi connectivity index (χ2n) is 7.60. The lowest BCUT2D eigenvalue weighted by atomic mass is 10.1. The van der Waals surface area contributed by atoms with E-state index in [0.717, 1.165) is 22.6 Å². The van der Waals surface area contributed by atoms with Gasteiger partial charge < -0.3 is 24.8 Å². The lowest BCUT2D eigenvalue weighted by Crippen LogP contribution is -2.33. The van der Waals surface area contributed by atoms with Crippen molar-refractivity contribution < 1.29 is 23.8 Å². The van der Waals surface area contributed by atoms with Gasteiger partial charge in [0.15, 0.2) is 11.5 Å². The van der Waals surface area contributed by atoms with Gasteiger partial charge in [-0.3, -0.25) is 9.59 Å². The van der Waals surface area contributed by atoms with E-state index in [1.807, 2.05) is 69.3 Å². The van der Waals surface area contributed by atoms with Gasteiger partial charge in [0, 0.05) is 11.3 Å². The number of ether oxygens (including phenoxy) is 3. The molecule has 0 heterocycles. The molecule has 0 unspecified atom stereocenters. The maximum Gasteiger partial charge on any atom is 0.251 e. The fourth-order valence-corrected chi connectivity index (χ4v) is 3.32. The molecule has 0 atom stereocenters. The van der Waals surface area contributed by atoms with Crippen LogP contribution in [0, 0.1) is 13.8 Å². The van der Waals surface area contributed by atoms with E-state index in [2.05, 4.69) is 10.6 Å². The van der Waals surface area contributed by atoms with E-state index in [0.29, 0.717) is 36.9 Å². The van der Waals surface area contributed by atoms with Crippen LogP contribution >= 0.6 is 0 Å². The summed E-state index contributed by atoms with van der Waals surface area (Å²) in [7, 11) is 0. The minimum atomic E-state index is -0.378. The van der Waals surface area contributed by atoms with Crippen LogP contribution in [-0.4, -0.2) is 38.2 Å². The highest BCUT2D eigenvalue weighted by Gasteiger charge is 2.14. The minimum Gasteiger partial charge on any atom is -0.490 e. The summed E-state index contributed by atoms with van der Waals surface area (Å²) in [6.45, 7) is 6.66. The van der Waals surface area contributed by atoms with Crippen molar-refractivity contribution in [2.75, 3.05) is 31.7 Å². The second-order valence-corrected chi connectivity index (χ2v) is 7.60. The highest BCUT2D eigenvalue weighted by molar-refractivity contribution is 6.00. The van der Waals surface area contributed by atoms with E-state index >= 15 is 0 Å². The van der Waals surface area contributed by atoms with Crippen LogP contribution in [0.4, 0.5) is 5.69 Å². The number of anilines is 1. The van der Waals surface area contributed by atoms with Crippen molar-refractivity contribution in [2.24, 2.45) is 0 Å². The van der Waals surface area contributed by atoms with E-state index in [9.17, 15) is 9.59 Å². The molecule has 0 bridgehead atoms. The first kappa shape index (κ1) is 24.6. The molecule has 0 fully saturated rings. The van der Waals surface area contributed by atoms with Gasteiger partial charge >= 0.3 is 0 Å². The van der Waals surface area contributed by atoms with E-state index in [4.69, 9.17) is 14.2 Å². The Balaban J connectivity index is 1.54. The Morgan fingerprint density at radius 2 is 1.50 bits per heavy atom. The summed E-state index contributed by atoms with van der Waals surface area (Å²) in [4.78, 5) is 25.0. The van der Waals surface area contributed by atoms with Gasteiger partial charge in [0.05, 0.1) is 13.2 Å². The molecule has 0 spiro atoms. The third kappa shape index (κ3) is 7.00. The van der Waals surface area contributed by atoms with Gasteiger partial charge in [-0.2, -0.15) is 0 Å². The number of carbonyl (C=O) groups is 2. The molecule has 2 amide bonds. The summed E-state index contributed by atoms with van der Waals surface area (Å²) in [6, 6.07) is 20.2. The SMILES string of the molecule is CCOc1cc(C(=O)NCC(=O)Nc2c(C)cccc2C)ccc1OCCOc1ccccc1. The second kappa shape index (κ2) is 12.3. The van der Waals surface area contributed by atoms with Gasteiger partial charge in [-0.05, 0) is 62.2 Å². The Morgan fingerprint density at radius 3 is 2.21 bits per heavy atom. The normalized spacial score (nSPS) is 10.3. The molecule has 0 saturated carbocycles. The van der Waals surface area contributed by atoms with Crippen LogP contribution in [0.2, 0.25) is 0 Å². The molecule has 34 heavy (non-hydrogen) atoms. The third-order valence-corrected chi connectivity index (χ3v) is 5.01. The first-order valence-corrected chi connectivity index (χ1v) is 11.2. The summed E-state index contributed by atoms with van der Waals surface area (Å²) in [6.07, 6.45) is 0. The Kier molecular flexibility index (Phi) is 8.91. The zero-order valence-electron chi connectivity index (χ0n) is 19.7. The predicted molar refractivity (Wildman–Crippen MR) is 132 cm³/mol. The number of nitrogens with one attached hydrogen (secondary N) is 2. The third-order valence-electron chi connectivity index (χ3n) is 5.01. The molecule has 3 rings (SSSR count). The van der Waals surface area contributed by atoms with Crippen LogP contribution < -0.4 is 24.8 Å². The summed E-state index contributed by atoms with van der Waals surface area (Å²) in [5, 5.41) is 5.51. The highest BCUT2D eigenvalue weighted by atomic mass is 16.5. The molecule has 0 radical (unpaired) electrons. The number of hydrogen-bond acceptors (Lipinski definition) is 5. The minimum absolute atomic E-state index is 0.147. The topological polar surface area (TPSA) is 85.9 Å². The molecular weight excluding hydrogens is 432 g/mol. The molecular formula is C27H30N2O5. The molecule has 0 aromatic heterocycles. The fraction of sp³-hybridized carbons (Fsp3) is 0.259. The smallest absolute Gasteiger partial charge is 0.251 e. The number of amides is 2. The largest absolute Gasteiger partial charge is 0.490 e. The summed E-state index contributed by atoms with van der Waals surface area (Å²) >= 11 is 0. The molecule has 7 nitrogen and oxygen atoms in total. The van der Waals surface area contributed by atoms with Crippen molar-refractivity contribution in [3.63, 3.8) is 0 Å². The predicted octanol–water partition coefficient (Wildman–Crippen LogP) is 4.53. The highest BCUT2D eigenvalue weighted by Crippen LogP contribution is 2.28. The summed E-state index contributed by atoms with van der Waals surface area (Å²) in [5.74, 6) is 1.06. The fourth-order valence-electron chi connectivity index (χ4n) is 3.32. The number of para-hydroxylation sites is 2. The molecule has 178 valence electrons. The van der Waals surface area contributed by atoms with Crippen LogP contribution in [0.25, 0.3) is 0 Å². The van der Waals surface area contributed by atoms with Crippen molar-refractivity contribution in [1.29, 1.82) is 0 Å². The van der Waals surface area contributed by atoms with Crippen LogP contribution in [0.1, 0.15) is 28.4 Å². The Labute approximate surface area is 200 Å². The summed E-state index contributed by atoms with van der Waals surface area (Å²) in [5.41, 5.74) is 3.06. The lowest BCUT2D eigenvalue weighted by Gasteiger charge is -2.14. The zero-order chi connectivity index (χ0) is 24.3. The number of rotatable bonds is 11. The molecule has 0 aliphatic carbocycles. The Morgan fingerprint density at radius 1 is 0.794 bits per heavy atom. The quantitative estimate of drug-likeness (QED) is 0.409. The maximum atomic E-state index is 12.6. The van der Waals surface area contributed by atoms with Crippen LogP contribution in [0.5, 0.6) is 17.2 Å². The average Bonchev–Trinajstić information content (AvgIpc) is 2.84. The Bertz CT molecular complexity index is 1100.